The Morgan fingerprint density at radius 3 is 1.20 bits per heavy atom. The largest absolute Gasteiger partial charge is 0.490 e. The summed E-state index contributed by atoms with van der Waals surface area (Å²) in [6.07, 6.45) is 1.25. The molecular weight excluding hydrogens is 885 g/mol. The summed E-state index contributed by atoms with van der Waals surface area (Å²) in [5.41, 5.74) is 2.35. The quantitative estimate of drug-likeness (QED) is 0.0295. The van der Waals surface area contributed by atoms with Crippen molar-refractivity contribution in [1.29, 1.82) is 0 Å². The van der Waals surface area contributed by atoms with Gasteiger partial charge in [0.1, 0.15) is 51.0 Å². The molecule has 0 radical (unpaired) electrons. The van der Waals surface area contributed by atoms with Crippen LogP contribution in [-0.4, -0.2) is 114 Å². The summed E-state index contributed by atoms with van der Waals surface area (Å²) in [4.78, 5) is 99.3. The average Bonchev–Trinajstić information content (AvgIpc) is 3.70. The number of ether oxygens (including phenoxy) is 4. The van der Waals surface area contributed by atoms with E-state index in [1.807, 2.05) is 13.8 Å². The number of carbonyl (C=O) groups excluding carboxylic acids is 8. The molecule has 2 heterocycles. The highest BCUT2D eigenvalue weighted by atomic mass is 32.2. The number of rotatable bonds is 20. The summed E-state index contributed by atoms with van der Waals surface area (Å²) in [5.74, 6) is -0.194. The minimum atomic E-state index is -0.699. The minimum absolute atomic E-state index is 0. The van der Waals surface area contributed by atoms with Gasteiger partial charge in [-0.3, -0.25) is 48.2 Å². The minimum Gasteiger partial charge on any atom is -0.490 e. The molecule has 4 aromatic carbocycles. The Morgan fingerprint density at radius 1 is 0.545 bits per heavy atom. The number of thiol groups is 1. The summed E-state index contributed by atoms with van der Waals surface area (Å²) < 4.78 is 21.2. The second kappa shape index (κ2) is 27.3. The Bertz CT molecular complexity index is 2250. The van der Waals surface area contributed by atoms with E-state index >= 15 is 0 Å². The van der Waals surface area contributed by atoms with Crippen LogP contribution in [0.5, 0.6) is 11.5 Å². The molecule has 0 fully saturated rings. The molecule has 0 saturated heterocycles. The fourth-order valence-corrected chi connectivity index (χ4v) is 7.10. The molecule has 16 heteroatoms. The molecule has 4 amide bonds. The molecule has 4 aromatic rings. The van der Waals surface area contributed by atoms with E-state index in [0.717, 1.165) is 21.3 Å². The standard InChI is InChI=1S/C24H25NO6S.C22H21NO6S.C3H8.CH4/c1-3-32-15-16(2)22(27)17-8-10-18(11-9-17)30-12-13-31-21(26)14-25-23(28)19-6-4-5-7-20(19)24(25)29;1-14(13-30)20(25)15-6-8-16(9-7-15)28-10-11-29-19(24)12-23-21(26)17-4-2-3-5-18(17)22(23)27;1-3-2;/h4-11,16H,3,12-15H2,1-2H3;2-9,14,30H,10-13H2,1H3;3H2,1-2H3;1H4. The van der Waals surface area contributed by atoms with Gasteiger partial charge in [-0.1, -0.05) is 72.7 Å². The van der Waals surface area contributed by atoms with E-state index in [9.17, 15) is 38.4 Å². The van der Waals surface area contributed by atoms with Crippen molar-refractivity contribution < 1.29 is 57.3 Å². The summed E-state index contributed by atoms with van der Waals surface area (Å²) in [6.45, 7) is 9.27. The number of thioether (sulfide) groups is 1. The van der Waals surface area contributed by atoms with Crippen LogP contribution >= 0.6 is 24.4 Å². The predicted octanol–water partition coefficient (Wildman–Crippen LogP) is 8.18. The zero-order valence-corrected chi connectivity index (χ0v) is 38.8. The third kappa shape index (κ3) is 14.9. The number of esters is 2. The Balaban J connectivity index is 0.000000327. The lowest BCUT2D eigenvalue weighted by Gasteiger charge is -2.13. The third-order valence-electron chi connectivity index (χ3n) is 9.58. The molecule has 352 valence electrons. The van der Waals surface area contributed by atoms with E-state index in [4.69, 9.17) is 18.9 Å². The maximum atomic E-state index is 12.4. The van der Waals surface area contributed by atoms with Crippen molar-refractivity contribution in [2.45, 2.75) is 48.5 Å². The van der Waals surface area contributed by atoms with Gasteiger partial charge in [-0.25, -0.2) is 0 Å². The first kappa shape index (κ1) is 54.1. The Labute approximate surface area is 396 Å². The van der Waals surface area contributed by atoms with Gasteiger partial charge < -0.3 is 18.9 Å². The molecule has 14 nitrogen and oxygen atoms in total. The van der Waals surface area contributed by atoms with Crippen molar-refractivity contribution in [2.75, 3.05) is 56.8 Å². The lowest BCUT2D eigenvalue weighted by atomic mass is 10.0. The molecule has 0 aromatic heterocycles. The van der Waals surface area contributed by atoms with Crippen molar-refractivity contribution in [3.05, 3.63) is 130 Å². The first-order valence-electron chi connectivity index (χ1n) is 21.2. The summed E-state index contributed by atoms with van der Waals surface area (Å²) in [6, 6.07) is 26.4. The van der Waals surface area contributed by atoms with Crippen LogP contribution < -0.4 is 9.47 Å². The molecule has 0 spiro atoms. The molecule has 0 saturated carbocycles. The van der Waals surface area contributed by atoms with E-state index in [0.29, 0.717) is 28.4 Å². The second-order valence-electron chi connectivity index (χ2n) is 14.8. The normalized spacial score (nSPS) is 13.1. The first-order valence-corrected chi connectivity index (χ1v) is 23.0. The summed E-state index contributed by atoms with van der Waals surface area (Å²) >= 11 is 5.87. The van der Waals surface area contributed by atoms with E-state index in [2.05, 4.69) is 33.4 Å². The van der Waals surface area contributed by atoms with Crippen molar-refractivity contribution >= 4 is 71.5 Å². The number of Topliss-reactive ketones (excluding diaryl/α,β-unsaturated/α-hetero) is 2. The van der Waals surface area contributed by atoms with Gasteiger partial charge in [0.15, 0.2) is 11.6 Å². The summed E-state index contributed by atoms with van der Waals surface area (Å²) in [7, 11) is 0. The number of benzene rings is 4. The average molecular weight is 943 g/mol. The lowest BCUT2D eigenvalue weighted by molar-refractivity contribution is -0.145. The van der Waals surface area contributed by atoms with Crippen LogP contribution in [0.3, 0.4) is 0 Å². The van der Waals surface area contributed by atoms with Crippen LogP contribution in [0.4, 0.5) is 0 Å². The third-order valence-corrected chi connectivity index (χ3v) is 11.3. The molecule has 2 unspecified atom stereocenters. The van der Waals surface area contributed by atoms with E-state index in [1.54, 1.807) is 109 Å². The van der Waals surface area contributed by atoms with Crippen molar-refractivity contribution in [2.24, 2.45) is 11.8 Å². The number of fused-ring (bicyclic) bond motifs is 2. The van der Waals surface area contributed by atoms with E-state index in [1.165, 1.54) is 6.42 Å². The van der Waals surface area contributed by atoms with Gasteiger partial charge in [0, 0.05) is 34.5 Å². The zero-order valence-electron chi connectivity index (χ0n) is 37.1. The fraction of sp³-hybridized carbons (Fsp3) is 0.360. The molecule has 0 aliphatic carbocycles. The van der Waals surface area contributed by atoms with Crippen LogP contribution in [0.1, 0.15) is 111 Å². The highest BCUT2D eigenvalue weighted by Gasteiger charge is 2.37. The molecule has 0 N–H and O–H groups in total. The molecule has 0 bridgehead atoms. The second-order valence-corrected chi connectivity index (χ2v) is 16.4. The van der Waals surface area contributed by atoms with E-state index < -0.39 is 48.7 Å². The zero-order chi connectivity index (χ0) is 47.5. The Hall–Kier alpha value is -6.26. The van der Waals surface area contributed by atoms with Crippen molar-refractivity contribution in [1.82, 2.24) is 9.80 Å². The van der Waals surface area contributed by atoms with Crippen LogP contribution in [-0.2, 0) is 19.1 Å². The number of hydrogen-bond acceptors (Lipinski definition) is 14. The van der Waals surface area contributed by atoms with Crippen molar-refractivity contribution in [3.63, 3.8) is 0 Å². The first-order chi connectivity index (χ1) is 31.3. The number of nitrogens with zero attached hydrogens (tertiary/aromatic N) is 2. The Morgan fingerprint density at radius 2 is 0.879 bits per heavy atom. The SMILES string of the molecule is C.CC(CS)C(=O)c1ccc(OCCOC(=O)CN2C(=O)c3ccccc3C2=O)cc1.CCC.CCSCC(C)C(=O)c1ccc(OCCOC(=O)CN2C(=O)c3ccccc3C2=O)cc1. The maximum absolute atomic E-state index is 12.4. The monoisotopic (exact) mass is 942 g/mol. The predicted molar refractivity (Wildman–Crippen MR) is 256 cm³/mol. The molecule has 2 atom stereocenters. The maximum Gasteiger partial charge on any atom is 0.326 e. The smallest absolute Gasteiger partial charge is 0.326 e. The van der Waals surface area contributed by atoms with Crippen LogP contribution in [0, 0.1) is 11.8 Å². The Kier molecular flexibility index (Phi) is 22.3. The van der Waals surface area contributed by atoms with Crippen molar-refractivity contribution in [3.8, 4) is 11.5 Å². The number of ketones is 2. The van der Waals surface area contributed by atoms with Gasteiger partial charge in [0.25, 0.3) is 23.6 Å². The van der Waals surface area contributed by atoms with E-state index in [-0.39, 0.29) is 79.5 Å². The van der Waals surface area contributed by atoms with Gasteiger partial charge in [-0.2, -0.15) is 24.4 Å². The lowest BCUT2D eigenvalue weighted by Crippen LogP contribution is -2.36. The number of amides is 4. The molecule has 6 rings (SSSR count). The van der Waals surface area contributed by atoms with Crippen LogP contribution in [0.25, 0.3) is 0 Å². The van der Waals surface area contributed by atoms with Gasteiger partial charge in [0.05, 0.1) is 22.3 Å². The fourth-order valence-electron chi connectivity index (χ4n) is 6.20. The number of hydrogen-bond donors (Lipinski definition) is 1. The molecule has 66 heavy (non-hydrogen) atoms. The highest BCUT2D eigenvalue weighted by molar-refractivity contribution is 7.99. The topological polar surface area (TPSA) is 180 Å². The van der Waals surface area contributed by atoms with Crippen LogP contribution in [0.15, 0.2) is 97.1 Å². The van der Waals surface area contributed by atoms with Gasteiger partial charge >= 0.3 is 11.9 Å². The molecular formula is C50H58N2O12S2. The van der Waals surface area contributed by atoms with Gasteiger partial charge in [0.2, 0.25) is 0 Å². The van der Waals surface area contributed by atoms with Gasteiger partial charge in [-0.05, 0) is 78.5 Å². The highest BCUT2D eigenvalue weighted by Crippen LogP contribution is 2.24. The molecule has 2 aliphatic rings. The van der Waals surface area contributed by atoms with Gasteiger partial charge in [-0.15, -0.1) is 0 Å². The number of carbonyl (C=O) groups is 8. The summed E-state index contributed by atoms with van der Waals surface area (Å²) in [5, 5.41) is 0. The number of imide groups is 2. The van der Waals surface area contributed by atoms with Crippen LogP contribution in [0.2, 0.25) is 0 Å². The molecule has 2 aliphatic heterocycles.